The van der Waals surface area contributed by atoms with Crippen LogP contribution in [0.1, 0.15) is 0 Å². The molecule has 6 heteroatoms. The first kappa shape index (κ1) is 25.8. The molecule has 0 fully saturated rings. The molecule has 0 unspecified atom stereocenters. The molecule has 0 N–H and O–H groups in total. The third kappa shape index (κ3) is 3.88. The van der Waals surface area contributed by atoms with Crippen molar-refractivity contribution in [1.29, 1.82) is 0 Å². The van der Waals surface area contributed by atoms with Crippen molar-refractivity contribution in [3.8, 4) is 40.0 Å². The second-order valence-electron chi connectivity index (χ2n) is 11.6. The molecule has 220 valence electrons. The van der Waals surface area contributed by atoms with Crippen LogP contribution in [0.3, 0.4) is 0 Å². The summed E-state index contributed by atoms with van der Waals surface area (Å²) in [7, 11) is 0. The summed E-state index contributed by atoms with van der Waals surface area (Å²) < 4.78 is 15.7. The van der Waals surface area contributed by atoms with Crippen molar-refractivity contribution in [3.05, 3.63) is 146 Å². The molecule has 4 aromatic heterocycles. The lowest BCUT2D eigenvalue weighted by atomic mass is 10.0. The quantitative estimate of drug-likeness (QED) is 0.200. The van der Waals surface area contributed by atoms with E-state index in [1.807, 2.05) is 103 Å². The summed E-state index contributed by atoms with van der Waals surface area (Å²) in [6.07, 6.45) is 0. The topological polar surface area (TPSA) is 69.9 Å². The third-order valence-corrected chi connectivity index (χ3v) is 8.86. The van der Waals surface area contributed by atoms with Gasteiger partial charge in [0, 0.05) is 38.2 Å². The van der Waals surface area contributed by atoms with Gasteiger partial charge in [-0.1, -0.05) is 127 Å². The van der Waals surface area contributed by atoms with Gasteiger partial charge >= 0.3 is 0 Å². The molecular weight excluding hydrogens is 580 g/mol. The number of para-hydroxylation sites is 2. The summed E-state index contributed by atoms with van der Waals surface area (Å²) in [5.74, 6) is 2.48. The molecule has 10 aromatic rings. The first-order valence-electron chi connectivity index (χ1n) is 15.5. The zero-order chi connectivity index (χ0) is 30.9. The van der Waals surface area contributed by atoms with Crippen LogP contribution in [0.4, 0.5) is 0 Å². The Morgan fingerprint density at radius 1 is 0.447 bits per heavy atom. The highest BCUT2D eigenvalue weighted by molar-refractivity contribution is 6.34. The van der Waals surface area contributed by atoms with E-state index in [0.29, 0.717) is 17.6 Å². The number of fused-ring (bicyclic) bond motifs is 10. The minimum absolute atomic E-state index is 0.500. The number of furan rings is 2. The molecule has 0 radical (unpaired) electrons. The molecule has 0 aliphatic carbocycles. The summed E-state index contributed by atoms with van der Waals surface area (Å²) in [6.45, 7) is 0. The first-order chi connectivity index (χ1) is 23.3. The van der Waals surface area contributed by atoms with Gasteiger partial charge in [0.2, 0.25) is 5.95 Å². The van der Waals surface area contributed by atoms with E-state index in [4.69, 9.17) is 23.8 Å². The van der Waals surface area contributed by atoms with E-state index in [0.717, 1.165) is 77.2 Å². The minimum Gasteiger partial charge on any atom is -0.455 e. The Balaban J connectivity index is 1.40. The van der Waals surface area contributed by atoms with Gasteiger partial charge in [0.15, 0.2) is 17.2 Å². The van der Waals surface area contributed by atoms with Crippen LogP contribution in [0.2, 0.25) is 0 Å². The van der Waals surface area contributed by atoms with Crippen molar-refractivity contribution >= 4 is 54.7 Å². The molecule has 0 atom stereocenters. The lowest BCUT2D eigenvalue weighted by Crippen LogP contribution is -2.06. The van der Waals surface area contributed by atoms with Crippen LogP contribution in [-0.2, 0) is 0 Å². The monoisotopic (exact) mass is 604 g/mol. The van der Waals surface area contributed by atoms with E-state index >= 15 is 0 Å². The predicted octanol–water partition coefficient (Wildman–Crippen LogP) is 10.6. The molecule has 0 bridgehead atoms. The molecule has 6 nitrogen and oxygen atoms in total. The molecule has 0 aliphatic rings. The zero-order valence-electron chi connectivity index (χ0n) is 25.0. The molecule has 0 saturated heterocycles. The maximum Gasteiger partial charge on any atom is 0.238 e. The Morgan fingerprint density at radius 2 is 1.02 bits per heavy atom. The molecule has 47 heavy (non-hydrogen) atoms. The van der Waals surface area contributed by atoms with Crippen LogP contribution in [0, 0.1) is 0 Å². The van der Waals surface area contributed by atoms with Crippen LogP contribution in [0.25, 0.3) is 94.8 Å². The summed E-state index contributed by atoms with van der Waals surface area (Å²) in [6, 6.07) is 48.9. The van der Waals surface area contributed by atoms with Crippen molar-refractivity contribution in [2.24, 2.45) is 0 Å². The average Bonchev–Trinajstić information content (AvgIpc) is 3.85. The predicted molar refractivity (Wildman–Crippen MR) is 188 cm³/mol. The highest BCUT2D eigenvalue weighted by Gasteiger charge is 2.27. The normalized spacial score (nSPS) is 11.8. The van der Waals surface area contributed by atoms with Gasteiger partial charge in [-0.2, -0.15) is 9.97 Å². The van der Waals surface area contributed by atoms with Gasteiger partial charge in [0.05, 0.1) is 10.9 Å². The van der Waals surface area contributed by atoms with E-state index < -0.39 is 0 Å². The fourth-order valence-electron chi connectivity index (χ4n) is 6.78. The van der Waals surface area contributed by atoms with Gasteiger partial charge < -0.3 is 8.83 Å². The number of nitrogens with zero attached hydrogens (tertiary/aromatic N) is 4. The Kier molecular flexibility index (Phi) is 5.48. The van der Waals surface area contributed by atoms with Crippen molar-refractivity contribution in [3.63, 3.8) is 0 Å². The maximum atomic E-state index is 6.83. The van der Waals surface area contributed by atoms with Crippen LogP contribution in [-0.4, -0.2) is 19.5 Å². The van der Waals surface area contributed by atoms with E-state index in [-0.39, 0.29) is 0 Å². The van der Waals surface area contributed by atoms with E-state index in [1.165, 1.54) is 0 Å². The highest BCUT2D eigenvalue weighted by atomic mass is 16.3. The number of hydrogen-bond acceptors (Lipinski definition) is 5. The molecular formula is C41H24N4O2. The summed E-state index contributed by atoms with van der Waals surface area (Å²) in [4.78, 5) is 15.2. The van der Waals surface area contributed by atoms with E-state index in [1.54, 1.807) is 0 Å². The Hall–Kier alpha value is -6.53. The zero-order valence-corrected chi connectivity index (χ0v) is 25.0. The standard InChI is InChI=1S/C41H24N4O2/c1-4-14-25(15-5-1)33-24-30-34-29-21-11-13-23-32(29)46-38(34)36-35(37(30)47-33)28-20-10-12-22-31(28)45(36)41-43-39(26-16-6-2-7-17-26)42-40(44-41)27-18-8-3-9-19-27/h1-24H. The van der Waals surface area contributed by atoms with Gasteiger partial charge in [-0.3, -0.25) is 4.57 Å². The van der Waals surface area contributed by atoms with Crippen molar-refractivity contribution < 1.29 is 8.83 Å². The van der Waals surface area contributed by atoms with Crippen molar-refractivity contribution in [2.75, 3.05) is 0 Å². The van der Waals surface area contributed by atoms with Gasteiger partial charge in [-0.05, 0) is 18.2 Å². The Labute approximate surface area is 268 Å². The lowest BCUT2D eigenvalue weighted by Gasteiger charge is -2.11. The van der Waals surface area contributed by atoms with Gasteiger partial charge in [-0.15, -0.1) is 0 Å². The lowest BCUT2D eigenvalue weighted by molar-refractivity contribution is 0.635. The molecule has 4 heterocycles. The Morgan fingerprint density at radius 3 is 1.70 bits per heavy atom. The average molecular weight is 605 g/mol. The fourth-order valence-corrected chi connectivity index (χ4v) is 6.78. The number of aromatic nitrogens is 4. The van der Waals surface area contributed by atoms with Crippen molar-refractivity contribution in [1.82, 2.24) is 19.5 Å². The maximum absolute atomic E-state index is 6.83. The summed E-state index contributed by atoms with van der Waals surface area (Å²) in [5.41, 5.74) is 6.98. The molecule has 0 saturated carbocycles. The SMILES string of the molecule is c1ccc(-c2nc(-c3ccccc3)nc(-n3c4ccccc4c4c5oc(-c6ccccc6)cc5c5c6ccccc6oc5c43)n2)cc1. The number of benzene rings is 6. The summed E-state index contributed by atoms with van der Waals surface area (Å²) >= 11 is 0. The molecule has 10 rings (SSSR count). The summed E-state index contributed by atoms with van der Waals surface area (Å²) in [5, 5.41) is 5.00. The van der Waals surface area contributed by atoms with Crippen LogP contribution < -0.4 is 0 Å². The number of hydrogen-bond donors (Lipinski definition) is 0. The second-order valence-corrected chi connectivity index (χ2v) is 11.6. The van der Waals surface area contributed by atoms with Gasteiger partial charge in [0.25, 0.3) is 0 Å². The fraction of sp³-hybridized carbons (Fsp3) is 0. The largest absolute Gasteiger partial charge is 0.455 e. The van der Waals surface area contributed by atoms with E-state index in [2.05, 4.69) is 47.0 Å². The number of rotatable bonds is 4. The molecule has 6 aromatic carbocycles. The van der Waals surface area contributed by atoms with Crippen LogP contribution in [0.5, 0.6) is 0 Å². The first-order valence-corrected chi connectivity index (χ1v) is 15.5. The highest BCUT2D eigenvalue weighted by Crippen LogP contribution is 2.47. The third-order valence-electron chi connectivity index (χ3n) is 8.86. The minimum atomic E-state index is 0.500. The van der Waals surface area contributed by atoms with Crippen LogP contribution in [0.15, 0.2) is 154 Å². The van der Waals surface area contributed by atoms with Crippen molar-refractivity contribution in [2.45, 2.75) is 0 Å². The molecule has 0 spiro atoms. The van der Waals surface area contributed by atoms with Gasteiger partial charge in [0.1, 0.15) is 22.4 Å². The van der Waals surface area contributed by atoms with Crippen LogP contribution >= 0.6 is 0 Å². The second kappa shape index (κ2) is 9.99. The molecule has 0 amide bonds. The Bertz CT molecular complexity index is 2720. The van der Waals surface area contributed by atoms with Gasteiger partial charge in [-0.25, -0.2) is 4.98 Å². The van der Waals surface area contributed by atoms with E-state index in [9.17, 15) is 0 Å². The molecule has 0 aliphatic heterocycles. The smallest absolute Gasteiger partial charge is 0.238 e.